The van der Waals surface area contributed by atoms with E-state index in [1.807, 2.05) is 0 Å². The van der Waals surface area contributed by atoms with Crippen LogP contribution in [0.1, 0.15) is 45.4 Å². The van der Waals surface area contributed by atoms with Gasteiger partial charge in [-0.25, -0.2) is 0 Å². The van der Waals surface area contributed by atoms with Gasteiger partial charge in [-0.05, 0) is 44.4 Å². The second-order valence-electron chi connectivity index (χ2n) is 4.16. The van der Waals surface area contributed by atoms with Gasteiger partial charge in [-0.1, -0.05) is 24.5 Å². The highest BCUT2D eigenvalue weighted by molar-refractivity contribution is 5.10. The van der Waals surface area contributed by atoms with Crippen molar-refractivity contribution in [2.24, 2.45) is 11.8 Å². The Morgan fingerprint density at radius 1 is 1.09 bits per heavy atom. The average molecular weight is 150 g/mol. The third-order valence-electron chi connectivity index (χ3n) is 3.52. The van der Waals surface area contributed by atoms with Crippen LogP contribution in [0.2, 0.25) is 0 Å². The SMILES string of the molecule is CC=C1C[C@H]2CCCC[C@H]2C1. The van der Waals surface area contributed by atoms with Crippen molar-refractivity contribution < 1.29 is 0 Å². The molecule has 0 N–H and O–H groups in total. The lowest BCUT2D eigenvalue weighted by molar-refractivity contribution is 0.277. The zero-order valence-electron chi connectivity index (χ0n) is 7.47. The first kappa shape index (κ1) is 7.39. The molecule has 11 heavy (non-hydrogen) atoms. The minimum atomic E-state index is 1.08. The van der Waals surface area contributed by atoms with Crippen LogP contribution >= 0.6 is 0 Å². The molecular weight excluding hydrogens is 132 g/mol. The van der Waals surface area contributed by atoms with E-state index in [2.05, 4.69) is 13.0 Å². The fourth-order valence-corrected chi connectivity index (χ4v) is 2.81. The van der Waals surface area contributed by atoms with E-state index in [-0.39, 0.29) is 0 Å². The van der Waals surface area contributed by atoms with Gasteiger partial charge in [0.05, 0.1) is 0 Å². The van der Waals surface area contributed by atoms with Gasteiger partial charge in [0.15, 0.2) is 0 Å². The second kappa shape index (κ2) is 3.00. The third-order valence-corrected chi connectivity index (χ3v) is 3.52. The predicted molar refractivity (Wildman–Crippen MR) is 48.4 cm³/mol. The van der Waals surface area contributed by atoms with Crippen molar-refractivity contribution in [3.05, 3.63) is 11.6 Å². The van der Waals surface area contributed by atoms with E-state index < -0.39 is 0 Å². The van der Waals surface area contributed by atoms with Gasteiger partial charge in [0.1, 0.15) is 0 Å². The van der Waals surface area contributed by atoms with Crippen LogP contribution in [0.3, 0.4) is 0 Å². The highest BCUT2D eigenvalue weighted by Gasteiger charge is 2.31. The van der Waals surface area contributed by atoms with Gasteiger partial charge in [0.2, 0.25) is 0 Å². The summed E-state index contributed by atoms with van der Waals surface area (Å²) in [4.78, 5) is 0. The lowest BCUT2D eigenvalue weighted by Crippen LogP contribution is -2.12. The summed E-state index contributed by atoms with van der Waals surface area (Å²) in [6, 6.07) is 0. The molecule has 2 fully saturated rings. The first-order valence-electron chi connectivity index (χ1n) is 5.04. The van der Waals surface area contributed by atoms with Crippen molar-refractivity contribution in [3.8, 4) is 0 Å². The van der Waals surface area contributed by atoms with Crippen molar-refractivity contribution in [2.75, 3.05) is 0 Å². The maximum atomic E-state index is 2.35. The first-order chi connectivity index (χ1) is 5.40. The van der Waals surface area contributed by atoms with Crippen LogP contribution in [-0.2, 0) is 0 Å². The summed E-state index contributed by atoms with van der Waals surface area (Å²) in [7, 11) is 0. The van der Waals surface area contributed by atoms with E-state index in [4.69, 9.17) is 0 Å². The molecule has 2 aliphatic carbocycles. The van der Waals surface area contributed by atoms with Gasteiger partial charge >= 0.3 is 0 Å². The number of rotatable bonds is 0. The molecule has 0 aromatic carbocycles. The van der Waals surface area contributed by atoms with Gasteiger partial charge in [0.25, 0.3) is 0 Å². The van der Waals surface area contributed by atoms with Crippen molar-refractivity contribution >= 4 is 0 Å². The standard InChI is InChI=1S/C11H18/c1-2-9-7-10-5-3-4-6-11(10)8-9/h2,10-11H,3-8H2,1H3/t10-,11+. The molecule has 0 heterocycles. The molecule has 0 spiro atoms. The van der Waals surface area contributed by atoms with Crippen LogP contribution in [0.15, 0.2) is 11.6 Å². The molecule has 2 aliphatic rings. The molecule has 0 aliphatic heterocycles. The molecular formula is C11H18. The fraction of sp³-hybridized carbons (Fsp3) is 0.818. The van der Waals surface area contributed by atoms with Gasteiger partial charge in [-0.15, -0.1) is 0 Å². The van der Waals surface area contributed by atoms with Crippen molar-refractivity contribution in [1.82, 2.24) is 0 Å². The van der Waals surface area contributed by atoms with Crippen LogP contribution in [0.25, 0.3) is 0 Å². The first-order valence-corrected chi connectivity index (χ1v) is 5.04. The largest absolute Gasteiger partial charge is 0.0884 e. The number of hydrogen-bond donors (Lipinski definition) is 0. The summed E-state index contributed by atoms with van der Waals surface area (Å²) in [5.41, 5.74) is 1.74. The molecule has 0 amide bonds. The fourth-order valence-electron chi connectivity index (χ4n) is 2.81. The smallest absolute Gasteiger partial charge is 0.0289 e. The summed E-state index contributed by atoms with van der Waals surface area (Å²) in [5.74, 6) is 2.16. The average Bonchev–Trinajstić information content (AvgIpc) is 2.46. The zero-order chi connectivity index (χ0) is 7.68. The Labute approximate surface area is 69.7 Å². The van der Waals surface area contributed by atoms with E-state index in [1.165, 1.54) is 38.5 Å². The van der Waals surface area contributed by atoms with Crippen LogP contribution in [0, 0.1) is 11.8 Å². The second-order valence-corrected chi connectivity index (χ2v) is 4.16. The molecule has 0 nitrogen and oxygen atoms in total. The Hall–Kier alpha value is -0.260. The lowest BCUT2D eigenvalue weighted by atomic mass is 9.82. The Balaban J connectivity index is 2.03. The van der Waals surface area contributed by atoms with Gasteiger partial charge in [0, 0.05) is 0 Å². The van der Waals surface area contributed by atoms with Crippen molar-refractivity contribution in [1.29, 1.82) is 0 Å². The number of hydrogen-bond acceptors (Lipinski definition) is 0. The van der Waals surface area contributed by atoms with Crippen LogP contribution in [0.4, 0.5) is 0 Å². The van der Waals surface area contributed by atoms with Crippen LogP contribution in [-0.4, -0.2) is 0 Å². The predicted octanol–water partition coefficient (Wildman–Crippen LogP) is 3.53. The van der Waals surface area contributed by atoms with E-state index in [1.54, 1.807) is 5.57 Å². The topological polar surface area (TPSA) is 0 Å². The van der Waals surface area contributed by atoms with Crippen LogP contribution < -0.4 is 0 Å². The van der Waals surface area contributed by atoms with E-state index in [0.717, 1.165) is 11.8 Å². The number of fused-ring (bicyclic) bond motifs is 1. The summed E-state index contributed by atoms with van der Waals surface area (Å²) >= 11 is 0. The Kier molecular flexibility index (Phi) is 2.02. The molecule has 2 saturated carbocycles. The molecule has 0 unspecified atom stereocenters. The molecule has 0 saturated heterocycles. The highest BCUT2D eigenvalue weighted by Crippen LogP contribution is 2.44. The van der Waals surface area contributed by atoms with E-state index in [0.29, 0.717) is 0 Å². The van der Waals surface area contributed by atoms with E-state index >= 15 is 0 Å². The van der Waals surface area contributed by atoms with Gasteiger partial charge in [-0.3, -0.25) is 0 Å². The Morgan fingerprint density at radius 3 is 2.09 bits per heavy atom. The monoisotopic (exact) mass is 150 g/mol. The highest BCUT2D eigenvalue weighted by atomic mass is 14.4. The van der Waals surface area contributed by atoms with Crippen molar-refractivity contribution in [3.63, 3.8) is 0 Å². The minimum absolute atomic E-state index is 1.08. The normalized spacial score (nSPS) is 41.0. The lowest BCUT2D eigenvalue weighted by Gasteiger charge is -2.23. The molecule has 0 aromatic heterocycles. The third kappa shape index (κ3) is 1.36. The Morgan fingerprint density at radius 2 is 1.64 bits per heavy atom. The van der Waals surface area contributed by atoms with E-state index in [9.17, 15) is 0 Å². The molecule has 0 radical (unpaired) electrons. The Bertz CT molecular complexity index is 151. The van der Waals surface area contributed by atoms with Gasteiger partial charge in [-0.2, -0.15) is 0 Å². The van der Waals surface area contributed by atoms with Crippen molar-refractivity contribution in [2.45, 2.75) is 45.4 Å². The van der Waals surface area contributed by atoms with Gasteiger partial charge < -0.3 is 0 Å². The molecule has 0 bridgehead atoms. The molecule has 0 heteroatoms. The van der Waals surface area contributed by atoms with Crippen LogP contribution in [0.5, 0.6) is 0 Å². The maximum Gasteiger partial charge on any atom is -0.0289 e. The maximum absolute atomic E-state index is 2.35. The summed E-state index contributed by atoms with van der Waals surface area (Å²) in [6.45, 7) is 2.20. The summed E-state index contributed by atoms with van der Waals surface area (Å²) in [5, 5.41) is 0. The zero-order valence-corrected chi connectivity index (χ0v) is 7.47. The summed E-state index contributed by atoms with van der Waals surface area (Å²) < 4.78 is 0. The molecule has 2 rings (SSSR count). The minimum Gasteiger partial charge on any atom is -0.0884 e. The molecule has 2 atom stereocenters. The molecule has 0 aromatic rings. The quantitative estimate of drug-likeness (QED) is 0.463. The summed E-state index contributed by atoms with van der Waals surface area (Å²) in [6.07, 6.45) is 11.2. The number of allylic oxidation sites excluding steroid dienone is 2. The molecule has 62 valence electrons.